The second kappa shape index (κ2) is 11.2. The maximum atomic E-state index is 12.5. The van der Waals surface area contributed by atoms with Crippen LogP contribution in [0.25, 0.3) is 0 Å². The van der Waals surface area contributed by atoms with Gasteiger partial charge in [0.15, 0.2) is 12.6 Å². The molecular formula is C30H39N3O8. The Bertz CT molecular complexity index is 1280. The van der Waals surface area contributed by atoms with Crippen LogP contribution in [0, 0.1) is 38.7 Å². The number of nitro groups is 1. The number of nitrogens with zero attached hydrogens (tertiary/aromatic N) is 2. The minimum Gasteiger partial charge on any atom is -0.480 e. The summed E-state index contributed by atoms with van der Waals surface area (Å²) in [5.74, 6) is -0.484. The van der Waals surface area contributed by atoms with Crippen LogP contribution >= 0.6 is 0 Å². The quantitative estimate of drug-likeness (QED) is 0.270. The number of carboxylic acid groups (broad SMARTS) is 1. The highest BCUT2D eigenvalue weighted by atomic mass is 16.6. The van der Waals surface area contributed by atoms with E-state index in [0.29, 0.717) is 24.2 Å². The fourth-order valence-corrected chi connectivity index (χ4v) is 8.29. The topological polar surface area (TPSA) is 172 Å². The Balaban J connectivity index is 1.19. The summed E-state index contributed by atoms with van der Waals surface area (Å²) in [6.07, 6.45) is 8.16. The maximum absolute atomic E-state index is 12.5. The minimum atomic E-state index is -1.73. The van der Waals surface area contributed by atoms with Crippen molar-refractivity contribution in [2.24, 2.45) is 33.7 Å². The lowest BCUT2D eigenvalue weighted by atomic mass is 9.47. The molecule has 0 heterocycles. The molecule has 4 N–H and O–H groups in total. The molecule has 0 unspecified atom stereocenters. The van der Waals surface area contributed by atoms with Crippen molar-refractivity contribution >= 4 is 23.3 Å². The first-order chi connectivity index (χ1) is 19.4. The van der Waals surface area contributed by atoms with E-state index in [-0.39, 0.29) is 28.2 Å². The van der Waals surface area contributed by atoms with Gasteiger partial charge in [-0.2, -0.15) is 0 Å². The summed E-state index contributed by atoms with van der Waals surface area (Å²) >= 11 is 0. The first kappa shape index (κ1) is 29.2. The summed E-state index contributed by atoms with van der Waals surface area (Å²) in [5.41, 5.74) is 1.93. The molecule has 0 saturated heterocycles. The lowest BCUT2D eigenvalue weighted by Crippen LogP contribution is -2.51. The fraction of sp³-hybridized carbons (Fsp3) is 0.633. The lowest BCUT2D eigenvalue weighted by Gasteiger charge is -2.57. The van der Waals surface area contributed by atoms with Gasteiger partial charge in [0.2, 0.25) is 0 Å². The average molecular weight is 570 g/mol. The van der Waals surface area contributed by atoms with Gasteiger partial charge in [0.1, 0.15) is 6.10 Å². The predicted octanol–water partition coefficient (Wildman–Crippen LogP) is 3.89. The van der Waals surface area contributed by atoms with Gasteiger partial charge < -0.3 is 25.5 Å². The number of carboxylic acids is 1. The Kier molecular flexibility index (Phi) is 7.95. The predicted molar refractivity (Wildman–Crippen MR) is 149 cm³/mol. The Morgan fingerprint density at radius 3 is 2.68 bits per heavy atom. The zero-order chi connectivity index (χ0) is 29.5. The molecule has 8 atom stereocenters. The van der Waals surface area contributed by atoms with Crippen LogP contribution < -0.4 is 5.32 Å². The number of aliphatic hydroxyl groups is 2. The Hall–Kier alpha value is -3.31. The second-order valence-electron chi connectivity index (χ2n) is 12.7. The number of carbonyl (C=O) groups is 2. The van der Waals surface area contributed by atoms with E-state index in [1.807, 2.05) is 0 Å². The summed E-state index contributed by atoms with van der Waals surface area (Å²) < 4.78 is 0. The van der Waals surface area contributed by atoms with Crippen molar-refractivity contribution in [2.45, 2.75) is 83.5 Å². The van der Waals surface area contributed by atoms with E-state index in [0.717, 1.165) is 56.7 Å². The van der Waals surface area contributed by atoms with Gasteiger partial charge in [-0.3, -0.25) is 14.9 Å². The number of fused-ring (bicyclic) bond motifs is 5. The molecule has 0 spiro atoms. The molecule has 11 heteroatoms. The van der Waals surface area contributed by atoms with Gasteiger partial charge in [0.25, 0.3) is 11.6 Å². The van der Waals surface area contributed by atoms with Crippen molar-refractivity contribution in [3.8, 4) is 0 Å². The molecule has 41 heavy (non-hydrogen) atoms. The minimum absolute atomic E-state index is 0.00800. The van der Waals surface area contributed by atoms with Crippen LogP contribution in [0.2, 0.25) is 0 Å². The number of oxime groups is 1. The van der Waals surface area contributed by atoms with E-state index in [1.165, 1.54) is 23.8 Å². The van der Waals surface area contributed by atoms with Crippen molar-refractivity contribution < 1.29 is 34.7 Å². The van der Waals surface area contributed by atoms with E-state index in [9.17, 15) is 35.0 Å². The van der Waals surface area contributed by atoms with Crippen molar-refractivity contribution in [3.05, 3.63) is 51.6 Å². The molecular weight excluding hydrogens is 530 g/mol. The largest absolute Gasteiger partial charge is 0.480 e. The van der Waals surface area contributed by atoms with Crippen molar-refractivity contribution in [2.75, 3.05) is 6.61 Å². The van der Waals surface area contributed by atoms with Gasteiger partial charge >= 0.3 is 5.97 Å². The standard InChI is InChI=1S/C30H39N3O8/c1-29-12-10-19(15-18(29)6-7-21-22-8-9-24(34)30(22,2)13-11-23(21)29)32-41-16-25(35)31-26(28(37)38)27(36)17-4-3-5-20(14-17)33(39)40/h3-5,14-15,21-24,26-27,34,36H,6-13,16H2,1-2H3,(H,31,35)(H,37,38)/b32-19-/t21-,22+,23-,24-,26+,27-,29+,30+/m1/s1. The number of aliphatic hydroxyl groups excluding tert-OH is 2. The zero-order valence-electron chi connectivity index (χ0n) is 23.5. The van der Waals surface area contributed by atoms with E-state index in [2.05, 4.69) is 30.4 Å². The molecule has 222 valence electrons. The van der Waals surface area contributed by atoms with Crippen LogP contribution in [-0.4, -0.2) is 56.6 Å². The number of allylic oxidation sites excluding steroid dienone is 2. The van der Waals surface area contributed by atoms with Crippen LogP contribution in [0.3, 0.4) is 0 Å². The second-order valence-corrected chi connectivity index (χ2v) is 12.7. The van der Waals surface area contributed by atoms with Gasteiger partial charge in [-0.15, -0.1) is 0 Å². The molecule has 0 aromatic heterocycles. The number of benzene rings is 1. The van der Waals surface area contributed by atoms with Crippen molar-refractivity contribution in [3.63, 3.8) is 0 Å². The highest BCUT2D eigenvalue weighted by Gasteiger charge is 2.58. The molecule has 4 aliphatic carbocycles. The number of hydrogen-bond acceptors (Lipinski definition) is 8. The summed E-state index contributed by atoms with van der Waals surface area (Å²) in [5, 5.41) is 48.2. The molecule has 0 radical (unpaired) electrons. The third kappa shape index (κ3) is 5.37. The van der Waals surface area contributed by atoms with Crippen LogP contribution in [-0.2, 0) is 14.4 Å². The van der Waals surface area contributed by atoms with Gasteiger partial charge in [-0.05, 0) is 91.6 Å². The third-order valence-corrected chi connectivity index (χ3v) is 10.6. The third-order valence-electron chi connectivity index (χ3n) is 10.6. The number of non-ortho nitro benzene ring substituents is 1. The number of hydrogen-bond donors (Lipinski definition) is 4. The summed E-state index contributed by atoms with van der Waals surface area (Å²) in [4.78, 5) is 39.9. The van der Waals surface area contributed by atoms with Crippen LogP contribution in [0.5, 0.6) is 0 Å². The molecule has 1 aromatic rings. The summed E-state index contributed by atoms with van der Waals surface area (Å²) in [6.45, 7) is 4.11. The van der Waals surface area contributed by atoms with Gasteiger partial charge in [0.05, 0.1) is 16.7 Å². The highest BCUT2D eigenvalue weighted by Crippen LogP contribution is 2.65. The van der Waals surface area contributed by atoms with Crippen LogP contribution in [0.15, 0.2) is 41.1 Å². The molecule has 11 nitrogen and oxygen atoms in total. The number of aliphatic carboxylic acids is 1. The Labute approximate surface area is 238 Å². The monoisotopic (exact) mass is 569 g/mol. The van der Waals surface area contributed by atoms with E-state index in [4.69, 9.17) is 4.84 Å². The number of carbonyl (C=O) groups excluding carboxylic acids is 1. The van der Waals surface area contributed by atoms with Gasteiger partial charge in [0, 0.05) is 12.1 Å². The first-order valence-corrected chi connectivity index (χ1v) is 14.5. The van der Waals surface area contributed by atoms with Crippen LogP contribution in [0.4, 0.5) is 5.69 Å². The molecule has 0 bridgehead atoms. The fourth-order valence-electron chi connectivity index (χ4n) is 8.29. The normalized spacial score (nSPS) is 34.8. The first-order valence-electron chi connectivity index (χ1n) is 14.5. The molecule has 0 aliphatic heterocycles. The highest BCUT2D eigenvalue weighted by molar-refractivity contribution is 5.96. The Morgan fingerprint density at radius 2 is 1.95 bits per heavy atom. The number of nitro benzene ring substituents is 1. The van der Waals surface area contributed by atoms with Gasteiger partial charge in [-0.1, -0.05) is 36.7 Å². The van der Waals surface area contributed by atoms with E-state index < -0.39 is 35.6 Å². The molecule has 5 rings (SSSR count). The van der Waals surface area contributed by atoms with Crippen molar-refractivity contribution in [1.29, 1.82) is 0 Å². The molecule has 1 aromatic carbocycles. The molecule has 3 fully saturated rings. The SMILES string of the molecule is C[C@]12CC[C@@H]3[C@H](CCC4=C/C(=N\OCC(=O)N[C@H](C(=O)O)[C@H](O)c5cccc([N+](=O)[O-])c5)CC[C@@]43C)[C@@H]1CC[C@H]2O. The van der Waals surface area contributed by atoms with E-state index >= 15 is 0 Å². The zero-order valence-corrected chi connectivity index (χ0v) is 23.5. The number of nitrogens with one attached hydrogen (secondary N) is 1. The lowest BCUT2D eigenvalue weighted by molar-refractivity contribution is -0.385. The van der Waals surface area contributed by atoms with E-state index in [1.54, 1.807) is 0 Å². The molecule has 1 amide bonds. The molecule has 3 saturated carbocycles. The molecule has 4 aliphatic rings. The average Bonchev–Trinajstić information content (AvgIpc) is 3.25. The van der Waals surface area contributed by atoms with Crippen molar-refractivity contribution in [1.82, 2.24) is 5.32 Å². The number of amides is 1. The Morgan fingerprint density at radius 1 is 1.17 bits per heavy atom. The van der Waals surface area contributed by atoms with Crippen LogP contribution in [0.1, 0.15) is 76.9 Å². The summed E-state index contributed by atoms with van der Waals surface area (Å²) in [7, 11) is 0. The number of rotatable bonds is 8. The smallest absolute Gasteiger partial charge is 0.329 e. The van der Waals surface area contributed by atoms with Gasteiger partial charge in [-0.25, -0.2) is 4.79 Å². The summed E-state index contributed by atoms with van der Waals surface area (Å²) in [6, 6.07) is 3.24. The maximum Gasteiger partial charge on any atom is 0.329 e.